The maximum atomic E-state index is 12.0. The Balaban J connectivity index is 1.96. The zero-order valence-electron chi connectivity index (χ0n) is 12.6. The molecule has 2 rings (SSSR count). The zero-order valence-corrected chi connectivity index (χ0v) is 12.6. The standard InChI is InChI=1S/C15H21N5O/c1-15(2,3)13(16)8-14(21)19-11-4-6-12(7-5-11)20-10-17-9-18-20/h4-7,9-10,13H,8,16H2,1-3H3,(H,19,21). The molecule has 1 amide bonds. The number of hydrogen-bond donors (Lipinski definition) is 2. The zero-order chi connectivity index (χ0) is 15.5. The number of aromatic nitrogens is 3. The van der Waals surface area contributed by atoms with Gasteiger partial charge in [-0.2, -0.15) is 5.10 Å². The molecule has 3 N–H and O–H groups in total. The summed E-state index contributed by atoms with van der Waals surface area (Å²) in [4.78, 5) is 15.9. The minimum absolute atomic E-state index is 0.0778. The minimum Gasteiger partial charge on any atom is -0.327 e. The first-order valence-corrected chi connectivity index (χ1v) is 6.87. The predicted molar refractivity (Wildman–Crippen MR) is 82.0 cm³/mol. The van der Waals surface area contributed by atoms with Crippen LogP contribution in [0.2, 0.25) is 0 Å². The summed E-state index contributed by atoms with van der Waals surface area (Å²) in [7, 11) is 0. The lowest BCUT2D eigenvalue weighted by Gasteiger charge is -2.26. The smallest absolute Gasteiger partial charge is 0.225 e. The van der Waals surface area contributed by atoms with Crippen LogP contribution in [0.15, 0.2) is 36.9 Å². The molecule has 0 aliphatic rings. The van der Waals surface area contributed by atoms with Gasteiger partial charge in [-0.3, -0.25) is 4.79 Å². The van der Waals surface area contributed by atoms with Gasteiger partial charge in [0.25, 0.3) is 0 Å². The number of carbonyl (C=O) groups is 1. The largest absolute Gasteiger partial charge is 0.327 e. The fraction of sp³-hybridized carbons (Fsp3) is 0.400. The lowest BCUT2D eigenvalue weighted by Crippen LogP contribution is -2.38. The van der Waals surface area contributed by atoms with E-state index in [1.54, 1.807) is 11.0 Å². The van der Waals surface area contributed by atoms with Gasteiger partial charge in [-0.15, -0.1) is 0 Å². The molecule has 0 saturated heterocycles. The van der Waals surface area contributed by atoms with Crippen molar-refractivity contribution in [3.8, 4) is 5.69 Å². The van der Waals surface area contributed by atoms with Gasteiger partial charge in [0.05, 0.1) is 5.69 Å². The third kappa shape index (κ3) is 4.13. The van der Waals surface area contributed by atoms with Crippen molar-refractivity contribution in [2.75, 3.05) is 5.32 Å². The number of anilines is 1. The molecule has 0 bridgehead atoms. The maximum absolute atomic E-state index is 12.0. The third-order valence-electron chi connectivity index (χ3n) is 3.35. The van der Waals surface area contributed by atoms with E-state index in [1.807, 2.05) is 45.0 Å². The van der Waals surface area contributed by atoms with Gasteiger partial charge in [0.1, 0.15) is 12.7 Å². The van der Waals surface area contributed by atoms with Crippen LogP contribution in [0.5, 0.6) is 0 Å². The average Bonchev–Trinajstić information content (AvgIpc) is 2.92. The highest BCUT2D eigenvalue weighted by Gasteiger charge is 2.23. The van der Waals surface area contributed by atoms with Crippen molar-refractivity contribution in [2.24, 2.45) is 11.1 Å². The molecule has 0 fully saturated rings. The first-order chi connectivity index (χ1) is 9.86. The number of amides is 1. The van der Waals surface area contributed by atoms with Crippen LogP contribution in [-0.4, -0.2) is 26.7 Å². The Kier molecular flexibility index (Phi) is 4.37. The molecule has 1 aromatic carbocycles. The number of nitrogens with two attached hydrogens (primary N) is 1. The SMILES string of the molecule is CC(C)(C)C(N)CC(=O)Nc1ccc(-n2cncn2)cc1. The van der Waals surface area contributed by atoms with Crippen molar-refractivity contribution < 1.29 is 4.79 Å². The van der Waals surface area contributed by atoms with Gasteiger partial charge in [-0.25, -0.2) is 9.67 Å². The molecule has 0 radical (unpaired) electrons. The predicted octanol–water partition coefficient (Wildman–Crippen LogP) is 1.97. The summed E-state index contributed by atoms with van der Waals surface area (Å²) in [6.45, 7) is 6.08. The Labute approximate surface area is 124 Å². The molecule has 1 aromatic heterocycles. The molecule has 1 unspecified atom stereocenters. The highest BCUT2D eigenvalue weighted by Crippen LogP contribution is 2.20. The second-order valence-corrected chi connectivity index (χ2v) is 6.11. The second kappa shape index (κ2) is 6.05. The summed E-state index contributed by atoms with van der Waals surface area (Å²) in [5.41, 5.74) is 7.55. The molecule has 21 heavy (non-hydrogen) atoms. The summed E-state index contributed by atoms with van der Waals surface area (Å²) >= 11 is 0. The highest BCUT2D eigenvalue weighted by molar-refractivity contribution is 5.91. The quantitative estimate of drug-likeness (QED) is 0.900. The number of carbonyl (C=O) groups excluding carboxylic acids is 1. The molecule has 2 aromatic rings. The van der Waals surface area contributed by atoms with Crippen LogP contribution >= 0.6 is 0 Å². The monoisotopic (exact) mass is 287 g/mol. The molecular formula is C15H21N5O. The van der Waals surface area contributed by atoms with Crippen LogP contribution < -0.4 is 11.1 Å². The fourth-order valence-corrected chi connectivity index (χ4v) is 1.76. The van der Waals surface area contributed by atoms with Gasteiger partial charge < -0.3 is 11.1 Å². The maximum Gasteiger partial charge on any atom is 0.225 e. The Morgan fingerprint density at radius 3 is 2.52 bits per heavy atom. The molecule has 112 valence electrons. The Morgan fingerprint density at radius 1 is 1.33 bits per heavy atom. The van der Waals surface area contributed by atoms with Crippen LogP contribution in [-0.2, 0) is 4.79 Å². The molecule has 0 saturated carbocycles. The Bertz CT molecular complexity index is 584. The first kappa shape index (κ1) is 15.2. The van der Waals surface area contributed by atoms with Gasteiger partial charge in [-0.1, -0.05) is 20.8 Å². The van der Waals surface area contributed by atoms with Gasteiger partial charge in [0.15, 0.2) is 0 Å². The van der Waals surface area contributed by atoms with E-state index in [-0.39, 0.29) is 17.4 Å². The number of benzene rings is 1. The summed E-state index contributed by atoms with van der Waals surface area (Å²) in [6, 6.07) is 7.23. The number of nitrogens with one attached hydrogen (secondary N) is 1. The van der Waals surface area contributed by atoms with Gasteiger partial charge in [-0.05, 0) is 29.7 Å². The summed E-state index contributed by atoms with van der Waals surface area (Å²) < 4.78 is 1.65. The summed E-state index contributed by atoms with van der Waals surface area (Å²) in [5.74, 6) is -0.0778. The molecule has 6 nitrogen and oxygen atoms in total. The molecule has 0 spiro atoms. The van der Waals surface area contributed by atoms with E-state index in [1.165, 1.54) is 6.33 Å². The van der Waals surface area contributed by atoms with Gasteiger partial charge >= 0.3 is 0 Å². The normalized spacial score (nSPS) is 13.0. The van der Waals surface area contributed by atoms with E-state index < -0.39 is 0 Å². The number of nitrogens with zero attached hydrogens (tertiary/aromatic N) is 3. The third-order valence-corrected chi connectivity index (χ3v) is 3.35. The number of rotatable bonds is 4. The second-order valence-electron chi connectivity index (χ2n) is 6.11. The minimum atomic E-state index is -0.174. The van der Waals surface area contributed by atoms with Crippen LogP contribution in [0, 0.1) is 5.41 Å². The van der Waals surface area contributed by atoms with Crippen LogP contribution in [0.1, 0.15) is 27.2 Å². The van der Waals surface area contributed by atoms with E-state index in [9.17, 15) is 4.79 Å². The van der Waals surface area contributed by atoms with Crippen LogP contribution in [0.3, 0.4) is 0 Å². The molecule has 0 aliphatic carbocycles. The van der Waals surface area contributed by atoms with Gasteiger partial charge in [0, 0.05) is 18.2 Å². The Hall–Kier alpha value is -2.21. The molecular weight excluding hydrogens is 266 g/mol. The fourth-order valence-electron chi connectivity index (χ4n) is 1.76. The van der Waals surface area contributed by atoms with E-state index in [4.69, 9.17) is 5.73 Å². The van der Waals surface area contributed by atoms with Crippen LogP contribution in [0.4, 0.5) is 5.69 Å². The lowest BCUT2D eigenvalue weighted by atomic mass is 9.85. The topological polar surface area (TPSA) is 85.8 Å². The van der Waals surface area contributed by atoms with Gasteiger partial charge in [0.2, 0.25) is 5.91 Å². The van der Waals surface area contributed by atoms with E-state index in [0.717, 1.165) is 11.4 Å². The van der Waals surface area contributed by atoms with Crippen molar-refractivity contribution in [1.82, 2.24) is 14.8 Å². The highest BCUT2D eigenvalue weighted by atomic mass is 16.1. The first-order valence-electron chi connectivity index (χ1n) is 6.87. The summed E-state index contributed by atoms with van der Waals surface area (Å²) in [5, 5.41) is 6.90. The summed E-state index contributed by atoms with van der Waals surface area (Å²) in [6.07, 6.45) is 3.40. The molecule has 0 aliphatic heterocycles. The molecule has 1 heterocycles. The lowest BCUT2D eigenvalue weighted by molar-refractivity contribution is -0.117. The average molecular weight is 287 g/mol. The van der Waals surface area contributed by atoms with Crippen LogP contribution in [0.25, 0.3) is 5.69 Å². The van der Waals surface area contributed by atoms with Crippen molar-refractivity contribution >= 4 is 11.6 Å². The van der Waals surface area contributed by atoms with Crippen molar-refractivity contribution in [1.29, 1.82) is 0 Å². The van der Waals surface area contributed by atoms with E-state index in [2.05, 4.69) is 15.4 Å². The van der Waals surface area contributed by atoms with Crippen molar-refractivity contribution in [2.45, 2.75) is 33.2 Å². The van der Waals surface area contributed by atoms with Crippen molar-refractivity contribution in [3.05, 3.63) is 36.9 Å². The van der Waals surface area contributed by atoms with E-state index in [0.29, 0.717) is 6.42 Å². The van der Waals surface area contributed by atoms with E-state index >= 15 is 0 Å². The van der Waals surface area contributed by atoms with Crippen molar-refractivity contribution in [3.63, 3.8) is 0 Å². The molecule has 6 heteroatoms. The number of hydrogen-bond acceptors (Lipinski definition) is 4. The Morgan fingerprint density at radius 2 is 2.00 bits per heavy atom. The molecule has 1 atom stereocenters.